The Hall–Kier alpha value is -2.94. The highest BCUT2D eigenvalue weighted by Gasteiger charge is 2.09. The molecular formula is C22H22O3. The number of hydrogen-bond donors (Lipinski definition) is 1. The van der Waals surface area contributed by atoms with E-state index in [1.807, 2.05) is 36.4 Å². The van der Waals surface area contributed by atoms with Crippen LogP contribution in [0.1, 0.15) is 22.3 Å². The molecule has 3 aromatic carbocycles. The van der Waals surface area contributed by atoms with Gasteiger partial charge in [0, 0.05) is 6.07 Å². The summed E-state index contributed by atoms with van der Waals surface area (Å²) in [7, 11) is 0. The fourth-order valence-electron chi connectivity index (χ4n) is 2.58. The third kappa shape index (κ3) is 4.32. The molecule has 25 heavy (non-hydrogen) atoms. The first-order valence-electron chi connectivity index (χ1n) is 8.31. The van der Waals surface area contributed by atoms with Crippen LogP contribution in [0.2, 0.25) is 0 Å². The largest absolute Gasteiger partial charge is 0.508 e. The molecule has 1 N–H and O–H groups in total. The van der Waals surface area contributed by atoms with E-state index in [0.717, 1.165) is 11.1 Å². The van der Waals surface area contributed by atoms with Crippen molar-refractivity contribution in [2.24, 2.45) is 0 Å². The maximum Gasteiger partial charge on any atom is 0.165 e. The van der Waals surface area contributed by atoms with Crippen LogP contribution >= 0.6 is 0 Å². The average Bonchev–Trinajstić information content (AvgIpc) is 2.61. The Morgan fingerprint density at radius 2 is 1.20 bits per heavy atom. The molecule has 0 aliphatic carbocycles. The summed E-state index contributed by atoms with van der Waals surface area (Å²) in [5.74, 6) is 1.31. The second kappa shape index (κ2) is 7.75. The number of ether oxygens (including phenoxy) is 2. The lowest BCUT2D eigenvalue weighted by Gasteiger charge is -2.15. The molecule has 3 heteroatoms. The molecule has 0 amide bonds. The van der Waals surface area contributed by atoms with Crippen LogP contribution in [0.5, 0.6) is 17.2 Å². The molecule has 128 valence electrons. The summed E-state index contributed by atoms with van der Waals surface area (Å²) in [4.78, 5) is 0. The summed E-state index contributed by atoms with van der Waals surface area (Å²) < 4.78 is 11.9. The Morgan fingerprint density at radius 1 is 0.680 bits per heavy atom. The van der Waals surface area contributed by atoms with Gasteiger partial charge in [-0.15, -0.1) is 0 Å². The lowest BCUT2D eigenvalue weighted by atomic mass is 10.1. The van der Waals surface area contributed by atoms with Crippen molar-refractivity contribution in [1.29, 1.82) is 0 Å². The van der Waals surface area contributed by atoms with Crippen LogP contribution in [0.3, 0.4) is 0 Å². The molecule has 0 spiro atoms. The zero-order chi connectivity index (χ0) is 17.6. The second-order valence-electron chi connectivity index (χ2n) is 6.06. The van der Waals surface area contributed by atoms with E-state index in [9.17, 15) is 5.11 Å². The van der Waals surface area contributed by atoms with Gasteiger partial charge in [-0.1, -0.05) is 48.5 Å². The number of phenols is 1. The Morgan fingerprint density at radius 3 is 1.76 bits per heavy atom. The summed E-state index contributed by atoms with van der Waals surface area (Å²) >= 11 is 0. The van der Waals surface area contributed by atoms with Crippen molar-refractivity contribution in [2.75, 3.05) is 0 Å². The molecule has 0 bridgehead atoms. The van der Waals surface area contributed by atoms with Gasteiger partial charge >= 0.3 is 0 Å². The van der Waals surface area contributed by atoms with Crippen molar-refractivity contribution in [3.63, 3.8) is 0 Å². The van der Waals surface area contributed by atoms with Crippen LogP contribution in [0.25, 0.3) is 0 Å². The average molecular weight is 334 g/mol. The molecule has 0 fully saturated rings. The summed E-state index contributed by atoms with van der Waals surface area (Å²) in [5.41, 5.74) is 4.59. The lowest BCUT2D eigenvalue weighted by Crippen LogP contribution is -2.02. The van der Waals surface area contributed by atoms with Gasteiger partial charge in [0.2, 0.25) is 0 Å². The highest BCUT2D eigenvalue weighted by molar-refractivity contribution is 5.45. The van der Waals surface area contributed by atoms with E-state index in [0.29, 0.717) is 24.7 Å². The second-order valence-corrected chi connectivity index (χ2v) is 6.06. The molecule has 0 saturated carbocycles. The number of rotatable bonds is 6. The molecule has 0 saturated heterocycles. The minimum Gasteiger partial charge on any atom is -0.508 e. The maximum atomic E-state index is 9.78. The highest BCUT2D eigenvalue weighted by atomic mass is 16.5. The predicted molar refractivity (Wildman–Crippen MR) is 99.1 cm³/mol. The van der Waals surface area contributed by atoms with Gasteiger partial charge in [-0.2, -0.15) is 0 Å². The van der Waals surface area contributed by atoms with Crippen molar-refractivity contribution in [2.45, 2.75) is 27.1 Å². The maximum absolute atomic E-state index is 9.78. The summed E-state index contributed by atoms with van der Waals surface area (Å²) in [6.07, 6.45) is 0. The molecule has 0 radical (unpaired) electrons. The lowest BCUT2D eigenvalue weighted by molar-refractivity contribution is 0.254. The summed E-state index contributed by atoms with van der Waals surface area (Å²) in [5, 5.41) is 9.78. The normalized spacial score (nSPS) is 10.5. The number of aromatic hydroxyl groups is 1. The van der Waals surface area contributed by atoms with Crippen LogP contribution in [0.15, 0.2) is 66.7 Å². The molecule has 0 atom stereocenters. The minimum atomic E-state index is 0.156. The Kier molecular flexibility index (Phi) is 5.24. The molecule has 3 nitrogen and oxygen atoms in total. The van der Waals surface area contributed by atoms with Gasteiger partial charge in [-0.25, -0.2) is 0 Å². The molecule has 0 aliphatic rings. The van der Waals surface area contributed by atoms with Crippen LogP contribution < -0.4 is 9.47 Å². The summed E-state index contributed by atoms with van der Waals surface area (Å²) in [6, 6.07) is 21.1. The van der Waals surface area contributed by atoms with Gasteiger partial charge in [0.15, 0.2) is 11.5 Å². The van der Waals surface area contributed by atoms with Crippen LogP contribution in [0, 0.1) is 13.8 Å². The first-order valence-corrected chi connectivity index (χ1v) is 8.31. The Balaban J connectivity index is 1.74. The van der Waals surface area contributed by atoms with Gasteiger partial charge in [0.1, 0.15) is 19.0 Å². The smallest absolute Gasteiger partial charge is 0.165 e. The van der Waals surface area contributed by atoms with Crippen molar-refractivity contribution in [1.82, 2.24) is 0 Å². The third-order valence-corrected chi connectivity index (χ3v) is 4.22. The molecule has 0 aliphatic heterocycles. The van der Waals surface area contributed by atoms with Gasteiger partial charge in [-0.05, 0) is 48.2 Å². The van der Waals surface area contributed by atoms with Crippen molar-refractivity contribution in [3.8, 4) is 17.2 Å². The fourth-order valence-corrected chi connectivity index (χ4v) is 2.58. The van der Waals surface area contributed by atoms with E-state index in [2.05, 4.69) is 26.0 Å². The molecule has 0 heterocycles. The number of hydrogen-bond acceptors (Lipinski definition) is 3. The highest BCUT2D eigenvalue weighted by Crippen LogP contribution is 2.32. The topological polar surface area (TPSA) is 38.7 Å². The van der Waals surface area contributed by atoms with E-state index in [4.69, 9.17) is 9.47 Å². The zero-order valence-electron chi connectivity index (χ0n) is 14.5. The number of aryl methyl sites for hydroxylation is 2. The van der Waals surface area contributed by atoms with Crippen molar-refractivity contribution >= 4 is 0 Å². The quantitative estimate of drug-likeness (QED) is 0.676. The summed E-state index contributed by atoms with van der Waals surface area (Å²) in [6.45, 7) is 5.00. The van der Waals surface area contributed by atoms with Crippen LogP contribution in [0.4, 0.5) is 0 Å². The zero-order valence-corrected chi connectivity index (χ0v) is 14.5. The monoisotopic (exact) mass is 334 g/mol. The van der Waals surface area contributed by atoms with Gasteiger partial charge in [-0.3, -0.25) is 0 Å². The van der Waals surface area contributed by atoms with E-state index in [-0.39, 0.29) is 5.75 Å². The standard InChI is InChI=1S/C22H22O3/c1-16-7-3-5-9-18(16)14-24-21-12-11-20(23)13-22(21)25-15-19-10-6-4-8-17(19)2/h3-13,23H,14-15H2,1-2H3. The minimum absolute atomic E-state index is 0.156. The van der Waals surface area contributed by atoms with E-state index >= 15 is 0 Å². The van der Waals surface area contributed by atoms with Crippen LogP contribution in [-0.4, -0.2) is 5.11 Å². The Bertz CT molecular complexity index is 855. The van der Waals surface area contributed by atoms with Gasteiger partial charge in [0.25, 0.3) is 0 Å². The van der Waals surface area contributed by atoms with E-state index in [1.165, 1.54) is 11.1 Å². The number of benzene rings is 3. The fraction of sp³-hybridized carbons (Fsp3) is 0.182. The van der Waals surface area contributed by atoms with E-state index < -0.39 is 0 Å². The van der Waals surface area contributed by atoms with Gasteiger partial charge in [0.05, 0.1) is 0 Å². The van der Waals surface area contributed by atoms with Crippen LogP contribution in [-0.2, 0) is 13.2 Å². The number of phenolic OH excluding ortho intramolecular Hbond substituents is 1. The third-order valence-electron chi connectivity index (χ3n) is 4.22. The van der Waals surface area contributed by atoms with E-state index in [1.54, 1.807) is 18.2 Å². The molecule has 3 rings (SSSR count). The Labute approximate surface area is 148 Å². The molecule has 0 unspecified atom stereocenters. The van der Waals surface area contributed by atoms with Crippen molar-refractivity contribution in [3.05, 3.63) is 89.0 Å². The van der Waals surface area contributed by atoms with Crippen molar-refractivity contribution < 1.29 is 14.6 Å². The molecule has 3 aromatic rings. The molecule has 0 aromatic heterocycles. The SMILES string of the molecule is Cc1ccccc1COc1ccc(O)cc1OCc1ccccc1C. The molecular weight excluding hydrogens is 312 g/mol. The predicted octanol–water partition coefficient (Wildman–Crippen LogP) is 5.17. The van der Waals surface area contributed by atoms with Gasteiger partial charge < -0.3 is 14.6 Å². The first kappa shape index (κ1) is 16.9. The first-order chi connectivity index (χ1) is 12.1.